The normalized spacial score (nSPS) is 14.9. The van der Waals surface area contributed by atoms with Crippen molar-refractivity contribution in [1.82, 2.24) is 9.97 Å². The Morgan fingerprint density at radius 1 is 1.50 bits per heavy atom. The van der Waals surface area contributed by atoms with Crippen LogP contribution in [-0.2, 0) is 0 Å². The Labute approximate surface area is 103 Å². The van der Waals surface area contributed by atoms with Crippen molar-refractivity contribution in [2.24, 2.45) is 11.8 Å². The van der Waals surface area contributed by atoms with Crippen LogP contribution >= 0.6 is 15.9 Å². The highest BCUT2D eigenvalue weighted by Gasteiger charge is 2.19. The zero-order chi connectivity index (χ0) is 11.4. The topological polar surface area (TPSA) is 75.9 Å². The number of rotatable bonds is 6. The zero-order valence-corrected chi connectivity index (χ0v) is 10.6. The molecular weight excluding hydrogens is 270 g/mol. The molecule has 1 aliphatic rings. The zero-order valence-electron chi connectivity index (χ0n) is 9.04. The molecule has 6 heteroatoms. The van der Waals surface area contributed by atoms with Gasteiger partial charge in [-0.2, -0.15) is 4.98 Å². The van der Waals surface area contributed by atoms with E-state index in [1.54, 1.807) is 6.20 Å². The van der Waals surface area contributed by atoms with E-state index >= 15 is 0 Å². The van der Waals surface area contributed by atoms with Crippen LogP contribution in [-0.4, -0.2) is 16.5 Å². The highest BCUT2D eigenvalue weighted by Crippen LogP contribution is 2.33. The van der Waals surface area contributed by atoms with Crippen LogP contribution in [0, 0.1) is 5.92 Å². The smallest absolute Gasteiger partial charge is 0.239 e. The molecule has 1 heterocycles. The summed E-state index contributed by atoms with van der Waals surface area (Å²) in [6.07, 6.45) is 7.02. The number of halogens is 1. The average Bonchev–Trinajstić information content (AvgIpc) is 3.10. The average molecular weight is 286 g/mol. The lowest BCUT2D eigenvalue weighted by molar-refractivity contribution is 0.686. The maximum absolute atomic E-state index is 5.25. The molecule has 0 atom stereocenters. The first-order chi connectivity index (χ1) is 7.79. The minimum Gasteiger partial charge on any atom is -0.369 e. The predicted octanol–water partition coefficient (Wildman–Crippen LogP) is 2.13. The number of aromatic nitrogens is 2. The van der Waals surface area contributed by atoms with Crippen LogP contribution in [0.1, 0.15) is 25.7 Å². The van der Waals surface area contributed by atoms with Gasteiger partial charge in [-0.1, -0.05) is 12.8 Å². The summed E-state index contributed by atoms with van der Waals surface area (Å²) in [5.74, 6) is 7.45. The first kappa shape index (κ1) is 11.6. The van der Waals surface area contributed by atoms with Gasteiger partial charge < -0.3 is 5.32 Å². The third kappa shape index (κ3) is 3.31. The van der Waals surface area contributed by atoms with Crippen LogP contribution in [0.4, 0.5) is 11.8 Å². The van der Waals surface area contributed by atoms with Crippen molar-refractivity contribution < 1.29 is 0 Å². The number of hydrogen-bond donors (Lipinski definition) is 3. The second-order valence-electron chi connectivity index (χ2n) is 4.05. The predicted molar refractivity (Wildman–Crippen MR) is 68.0 cm³/mol. The molecule has 88 valence electrons. The van der Waals surface area contributed by atoms with Gasteiger partial charge >= 0.3 is 0 Å². The Morgan fingerprint density at radius 2 is 2.31 bits per heavy atom. The summed E-state index contributed by atoms with van der Waals surface area (Å²) in [5, 5.41) is 3.28. The van der Waals surface area contributed by atoms with Gasteiger partial charge in [0.1, 0.15) is 5.82 Å². The minimum absolute atomic E-state index is 0.424. The SMILES string of the molecule is NNc1ncc(Br)c(NCCCC2CC2)n1. The molecule has 0 saturated heterocycles. The number of anilines is 2. The lowest BCUT2D eigenvalue weighted by atomic mass is 10.2. The van der Waals surface area contributed by atoms with Gasteiger partial charge in [0.05, 0.1) is 4.47 Å². The first-order valence-electron chi connectivity index (χ1n) is 5.52. The molecule has 0 amide bonds. The third-order valence-electron chi connectivity index (χ3n) is 2.65. The Morgan fingerprint density at radius 3 is 3.00 bits per heavy atom. The maximum atomic E-state index is 5.25. The molecule has 16 heavy (non-hydrogen) atoms. The molecule has 0 spiro atoms. The van der Waals surface area contributed by atoms with Crippen molar-refractivity contribution in [3.8, 4) is 0 Å². The summed E-state index contributed by atoms with van der Waals surface area (Å²) < 4.78 is 0.859. The summed E-state index contributed by atoms with van der Waals surface area (Å²) >= 11 is 3.40. The molecule has 0 aromatic carbocycles. The molecule has 0 radical (unpaired) electrons. The second-order valence-corrected chi connectivity index (χ2v) is 4.90. The highest BCUT2D eigenvalue weighted by atomic mass is 79.9. The Hall–Kier alpha value is -0.880. The van der Waals surface area contributed by atoms with Crippen molar-refractivity contribution in [1.29, 1.82) is 0 Å². The van der Waals surface area contributed by atoms with E-state index in [4.69, 9.17) is 5.84 Å². The second kappa shape index (κ2) is 5.45. The van der Waals surface area contributed by atoms with Crippen LogP contribution in [0.2, 0.25) is 0 Å². The lowest BCUT2D eigenvalue weighted by Crippen LogP contribution is -2.12. The van der Waals surface area contributed by atoms with E-state index in [-0.39, 0.29) is 0 Å². The van der Waals surface area contributed by atoms with Gasteiger partial charge in [0.2, 0.25) is 5.95 Å². The Balaban J connectivity index is 1.81. The van der Waals surface area contributed by atoms with Gasteiger partial charge in [0.25, 0.3) is 0 Å². The van der Waals surface area contributed by atoms with Gasteiger partial charge in [0, 0.05) is 12.7 Å². The number of nitrogens with one attached hydrogen (secondary N) is 2. The van der Waals surface area contributed by atoms with Gasteiger partial charge in [-0.15, -0.1) is 0 Å². The standard InChI is InChI=1S/C10H16BrN5/c11-8-6-14-10(16-12)15-9(8)13-5-1-2-7-3-4-7/h6-7H,1-5,12H2,(H2,13,14,15,16). The molecule has 5 nitrogen and oxygen atoms in total. The van der Waals surface area contributed by atoms with Crippen molar-refractivity contribution in [3.05, 3.63) is 10.7 Å². The van der Waals surface area contributed by atoms with Crippen molar-refractivity contribution in [2.45, 2.75) is 25.7 Å². The van der Waals surface area contributed by atoms with Crippen LogP contribution in [0.15, 0.2) is 10.7 Å². The van der Waals surface area contributed by atoms with E-state index in [1.807, 2.05) is 0 Å². The van der Waals surface area contributed by atoms with Gasteiger partial charge in [-0.05, 0) is 34.7 Å². The molecular formula is C10H16BrN5. The Bertz CT molecular complexity index is 353. The molecule has 2 rings (SSSR count). The fraction of sp³-hybridized carbons (Fsp3) is 0.600. The van der Waals surface area contributed by atoms with Crippen LogP contribution < -0.4 is 16.6 Å². The fourth-order valence-electron chi connectivity index (χ4n) is 1.56. The molecule has 1 aliphatic carbocycles. The van der Waals surface area contributed by atoms with Crippen molar-refractivity contribution in [2.75, 3.05) is 17.3 Å². The molecule has 0 unspecified atom stereocenters. The van der Waals surface area contributed by atoms with E-state index in [0.29, 0.717) is 5.95 Å². The summed E-state index contributed by atoms with van der Waals surface area (Å²) in [6.45, 7) is 0.941. The van der Waals surface area contributed by atoms with E-state index in [9.17, 15) is 0 Å². The van der Waals surface area contributed by atoms with Crippen LogP contribution in [0.25, 0.3) is 0 Å². The quantitative estimate of drug-likeness (QED) is 0.424. The molecule has 0 bridgehead atoms. The van der Waals surface area contributed by atoms with Crippen molar-refractivity contribution >= 4 is 27.7 Å². The molecule has 1 fully saturated rings. The summed E-state index contributed by atoms with van der Waals surface area (Å²) in [6, 6.07) is 0. The van der Waals surface area contributed by atoms with Crippen molar-refractivity contribution in [3.63, 3.8) is 0 Å². The first-order valence-corrected chi connectivity index (χ1v) is 6.32. The summed E-state index contributed by atoms with van der Waals surface area (Å²) in [4.78, 5) is 8.21. The number of nitrogens with two attached hydrogens (primary N) is 1. The van der Waals surface area contributed by atoms with E-state index in [2.05, 4.69) is 36.6 Å². The van der Waals surface area contributed by atoms with Gasteiger partial charge in [-0.3, -0.25) is 5.43 Å². The number of hydrogen-bond acceptors (Lipinski definition) is 5. The van der Waals surface area contributed by atoms with E-state index in [1.165, 1.54) is 25.7 Å². The summed E-state index contributed by atoms with van der Waals surface area (Å²) in [7, 11) is 0. The third-order valence-corrected chi connectivity index (χ3v) is 3.23. The van der Waals surface area contributed by atoms with E-state index in [0.717, 1.165) is 22.8 Å². The molecule has 1 aromatic rings. The summed E-state index contributed by atoms with van der Waals surface area (Å²) in [5.41, 5.74) is 2.43. The van der Waals surface area contributed by atoms with Crippen LogP contribution in [0.3, 0.4) is 0 Å². The fourth-order valence-corrected chi connectivity index (χ4v) is 1.90. The monoisotopic (exact) mass is 285 g/mol. The minimum atomic E-state index is 0.424. The largest absolute Gasteiger partial charge is 0.369 e. The highest BCUT2D eigenvalue weighted by molar-refractivity contribution is 9.10. The van der Waals surface area contributed by atoms with Gasteiger partial charge in [-0.25, -0.2) is 10.8 Å². The maximum Gasteiger partial charge on any atom is 0.239 e. The molecule has 1 aromatic heterocycles. The Kier molecular flexibility index (Phi) is 3.95. The van der Waals surface area contributed by atoms with Crippen LogP contribution in [0.5, 0.6) is 0 Å². The van der Waals surface area contributed by atoms with Gasteiger partial charge in [0.15, 0.2) is 0 Å². The number of nitrogens with zero attached hydrogens (tertiary/aromatic N) is 2. The number of hydrazine groups is 1. The number of nitrogen functional groups attached to an aromatic ring is 1. The molecule has 1 saturated carbocycles. The molecule has 0 aliphatic heterocycles. The van der Waals surface area contributed by atoms with E-state index < -0.39 is 0 Å². The lowest BCUT2D eigenvalue weighted by Gasteiger charge is -2.08. The molecule has 4 N–H and O–H groups in total.